The quantitative estimate of drug-likeness (QED) is 0.428. The molecule has 0 saturated heterocycles. The summed E-state index contributed by atoms with van der Waals surface area (Å²) in [6.45, 7) is 4.05. The fraction of sp³-hybridized carbons (Fsp3) is 1.00. The second-order valence-corrected chi connectivity index (χ2v) is 3.06. The van der Waals surface area contributed by atoms with Crippen LogP contribution in [-0.4, -0.2) is 11.4 Å². The predicted molar refractivity (Wildman–Crippen MR) is 29.9 cm³/mol. The highest BCUT2D eigenvalue weighted by Crippen LogP contribution is 2.11. The molecule has 0 aliphatic carbocycles. The largest absolute Gasteiger partial charge is 0.210 e. The molecule has 0 radical (unpaired) electrons. The Labute approximate surface area is 48.4 Å². The SMILES string of the molecule is CC(C)(Cl)CN=N. The Hall–Kier alpha value is -0.110. The van der Waals surface area contributed by atoms with Gasteiger partial charge >= 0.3 is 0 Å². The Morgan fingerprint density at radius 3 is 2.14 bits per heavy atom. The Bertz CT molecular complexity index is 64.6. The van der Waals surface area contributed by atoms with Crippen molar-refractivity contribution in [1.82, 2.24) is 0 Å². The van der Waals surface area contributed by atoms with Gasteiger partial charge in [-0.15, -0.1) is 11.6 Å². The van der Waals surface area contributed by atoms with E-state index in [0.29, 0.717) is 6.54 Å². The first-order valence-electron chi connectivity index (χ1n) is 2.08. The first kappa shape index (κ1) is 6.89. The zero-order chi connectivity index (χ0) is 5.91. The number of nitrogens with one attached hydrogen (secondary N) is 1. The average Bonchev–Trinajstić information content (AvgIpc) is 1.30. The van der Waals surface area contributed by atoms with Crippen LogP contribution in [0.15, 0.2) is 5.11 Å². The van der Waals surface area contributed by atoms with Crippen LogP contribution in [0.4, 0.5) is 0 Å². The fourth-order valence-electron chi connectivity index (χ4n) is 0.188. The summed E-state index contributed by atoms with van der Waals surface area (Å²) in [5.74, 6) is 0. The molecule has 0 aliphatic rings. The number of rotatable bonds is 2. The zero-order valence-corrected chi connectivity index (χ0v) is 5.29. The predicted octanol–water partition coefficient (Wildman–Crippen LogP) is 2.03. The summed E-state index contributed by atoms with van der Waals surface area (Å²) in [5, 5.41) is 3.12. The van der Waals surface area contributed by atoms with E-state index in [4.69, 9.17) is 17.1 Å². The molecular formula is C4H9ClN2. The van der Waals surface area contributed by atoms with Crippen molar-refractivity contribution in [3.63, 3.8) is 0 Å². The molecule has 0 aromatic heterocycles. The molecule has 0 rings (SSSR count). The summed E-state index contributed by atoms with van der Waals surface area (Å²) in [4.78, 5) is -0.332. The molecular weight excluding hydrogens is 112 g/mol. The van der Waals surface area contributed by atoms with Gasteiger partial charge in [0.15, 0.2) is 0 Å². The molecule has 0 atom stereocenters. The second kappa shape index (κ2) is 2.26. The number of hydrogen-bond acceptors (Lipinski definition) is 2. The van der Waals surface area contributed by atoms with Gasteiger partial charge in [-0.3, -0.25) is 0 Å². The molecule has 3 heteroatoms. The fourth-order valence-corrected chi connectivity index (χ4v) is 0.248. The van der Waals surface area contributed by atoms with Gasteiger partial charge in [-0.2, -0.15) is 5.11 Å². The van der Waals surface area contributed by atoms with Gasteiger partial charge in [-0.05, 0) is 13.8 Å². The van der Waals surface area contributed by atoms with E-state index in [1.165, 1.54) is 0 Å². The molecule has 0 spiro atoms. The molecule has 0 aromatic carbocycles. The second-order valence-electron chi connectivity index (χ2n) is 2.03. The maximum absolute atomic E-state index is 6.40. The van der Waals surface area contributed by atoms with Crippen LogP contribution in [0.5, 0.6) is 0 Å². The Kier molecular flexibility index (Phi) is 2.23. The lowest BCUT2D eigenvalue weighted by Gasteiger charge is -2.08. The van der Waals surface area contributed by atoms with Crippen molar-refractivity contribution in [2.45, 2.75) is 18.7 Å². The molecule has 0 heterocycles. The van der Waals surface area contributed by atoms with E-state index in [0.717, 1.165) is 0 Å². The van der Waals surface area contributed by atoms with Crippen molar-refractivity contribution < 1.29 is 0 Å². The topological polar surface area (TPSA) is 36.2 Å². The number of hydrogen-bond donors (Lipinski definition) is 1. The minimum atomic E-state index is -0.332. The zero-order valence-electron chi connectivity index (χ0n) is 4.53. The lowest BCUT2D eigenvalue weighted by atomic mass is 10.2. The highest BCUT2D eigenvalue weighted by Gasteiger charge is 2.10. The minimum absolute atomic E-state index is 0.332. The maximum Gasteiger partial charge on any atom is 0.0782 e. The van der Waals surface area contributed by atoms with Crippen LogP contribution in [0.3, 0.4) is 0 Å². The van der Waals surface area contributed by atoms with E-state index in [9.17, 15) is 0 Å². The summed E-state index contributed by atoms with van der Waals surface area (Å²) < 4.78 is 0. The molecule has 0 bridgehead atoms. The first-order chi connectivity index (χ1) is 3.06. The van der Waals surface area contributed by atoms with Crippen molar-refractivity contribution in [1.29, 1.82) is 5.53 Å². The van der Waals surface area contributed by atoms with Crippen molar-refractivity contribution in [3.05, 3.63) is 0 Å². The molecule has 0 unspecified atom stereocenters. The van der Waals surface area contributed by atoms with Gasteiger partial charge in [0.05, 0.1) is 11.4 Å². The molecule has 0 aromatic rings. The molecule has 0 fully saturated rings. The molecule has 7 heavy (non-hydrogen) atoms. The van der Waals surface area contributed by atoms with E-state index in [1.54, 1.807) is 0 Å². The number of alkyl halides is 1. The summed E-state index contributed by atoms with van der Waals surface area (Å²) in [6, 6.07) is 0. The summed E-state index contributed by atoms with van der Waals surface area (Å²) in [7, 11) is 0. The van der Waals surface area contributed by atoms with Gasteiger partial charge < -0.3 is 0 Å². The average molecular weight is 121 g/mol. The van der Waals surface area contributed by atoms with Crippen LogP contribution in [0.2, 0.25) is 0 Å². The third-order valence-electron chi connectivity index (χ3n) is 0.455. The highest BCUT2D eigenvalue weighted by atomic mass is 35.5. The first-order valence-corrected chi connectivity index (χ1v) is 2.46. The third-order valence-corrected chi connectivity index (χ3v) is 0.575. The van der Waals surface area contributed by atoms with Gasteiger partial charge in [0, 0.05) is 0 Å². The molecule has 1 N–H and O–H groups in total. The standard InChI is InChI=1S/C4H9ClN2/c1-4(2,5)3-7-6/h6H,3H2,1-2H3. The van der Waals surface area contributed by atoms with E-state index < -0.39 is 0 Å². The van der Waals surface area contributed by atoms with Crippen LogP contribution in [-0.2, 0) is 0 Å². The third kappa shape index (κ3) is 5.89. The van der Waals surface area contributed by atoms with Crippen LogP contribution >= 0.6 is 11.6 Å². The minimum Gasteiger partial charge on any atom is -0.210 e. The van der Waals surface area contributed by atoms with Gasteiger partial charge in [0.1, 0.15) is 0 Å². The van der Waals surface area contributed by atoms with Gasteiger partial charge in [0.25, 0.3) is 0 Å². The Balaban J connectivity index is 3.34. The molecule has 42 valence electrons. The van der Waals surface area contributed by atoms with Crippen LogP contribution in [0, 0.1) is 5.53 Å². The molecule has 2 nitrogen and oxygen atoms in total. The summed E-state index contributed by atoms with van der Waals surface area (Å²) >= 11 is 5.62. The van der Waals surface area contributed by atoms with E-state index in [-0.39, 0.29) is 4.87 Å². The van der Waals surface area contributed by atoms with Crippen LogP contribution in [0.25, 0.3) is 0 Å². The monoisotopic (exact) mass is 120 g/mol. The Morgan fingerprint density at radius 1 is 1.71 bits per heavy atom. The van der Waals surface area contributed by atoms with E-state index in [1.807, 2.05) is 13.8 Å². The van der Waals surface area contributed by atoms with Crippen molar-refractivity contribution >= 4 is 11.6 Å². The molecule has 0 aliphatic heterocycles. The normalized spacial score (nSPS) is 11.3. The van der Waals surface area contributed by atoms with Crippen LogP contribution in [0.1, 0.15) is 13.8 Å². The Morgan fingerprint density at radius 2 is 2.14 bits per heavy atom. The van der Waals surface area contributed by atoms with Gasteiger partial charge in [-0.25, -0.2) is 5.53 Å². The smallest absolute Gasteiger partial charge is 0.0782 e. The van der Waals surface area contributed by atoms with Crippen molar-refractivity contribution in [3.8, 4) is 0 Å². The summed E-state index contributed by atoms with van der Waals surface area (Å²) in [6.07, 6.45) is 0. The lowest BCUT2D eigenvalue weighted by Crippen LogP contribution is -2.13. The van der Waals surface area contributed by atoms with Crippen molar-refractivity contribution in [2.75, 3.05) is 6.54 Å². The van der Waals surface area contributed by atoms with Crippen molar-refractivity contribution in [2.24, 2.45) is 5.11 Å². The lowest BCUT2D eigenvalue weighted by molar-refractivity contribution is 0.677. The molecule has 0 amide bonds. The maximum atomic E-state index is 6.40. The van der Waals surface area contributed by atoms with Gasteiger partial charge in [-0.1, -0.05) is 0 Å². The van der Waals surface area contributed by atoms with E-state index >= 15 is 0 Å². The van der Waals surface area contributed by atoms with Crippen LogP contribution < -0.4 is 0 Å². The number of nitrogens with zero attached hydrogens (tertiary/aromatic N) is 1. The highest BCUT2D eigenvalue weighted by molar-refractivity contribution is 6.23. The molecule has 0 saturated carbocycles. The van der Waals surface area contributed by atoms with E-state index in [2.05, 4.69) is 5.11 Å². The summed E-state index contributed by atoms with van der Waals surface area (Å²) in [5.41, 5.74) is 6.40. The van der Waals surface area contributed by atoms with Gasteiger partial charge in [0.2, 0.25) is 0 Å². The number of halogens is 1.